The Morgan fingerprint density at radius 3 is 0.769 bits per heavy atom. The molecule has 0 aliphatic carbocycles. The molecule has 0 aliphatic rings. The second-order valence-electron chi connectivity index (χ2n) is 27.0. The van der Waals surface area contributed by atoms with Crippen LogP contribution in [0.1, 0.15) is 336 Å². The first-order valence-electron chi connectivity index (χ1n) is 40.8. The lowest BCUT2D eigenvalue weighted by Crippen LogP contribution is -2.30. The summed E-state index contributed by atoms with van der Waals surface area (Å²) in [7, 11) is -9.98. The number of aliphatic hydroxyl groups excluding tert-OH is 1. The van der Waals surface area contributed by atoms with Gasteiger partial charge in [0.1, 0.15) is 19.3 Å². The second kappa shape index (κ2) is 76.6. The maximum absolute atomic E-state index is 13.1. The predicted octanol–water partition coefficient (Wildman–Crippen LogP) is 23.9. The zero-order valence-electron chi connectivity index (χ0n) is 65.4. The van der Waals surface area contributed by atoms with Gasteiger partial charge >= 0.3 is 39.5 Å². The fourth-order valence-electron chi connectivity index (χ4n) is 10.7. The molecule has 0 spiro atoms. The standard InChI is InChI=1S/C85H146O17P2/c1-5-9-13-17-21-25-29-33-37-38-39-40-44-46-50-54-58-62-66-70-83(88)96-76-81(102-85(90)72-68-64-60-56-52-48-43-36-32-28-24-20-16-12-8-4)78-100-104(93,94)98-74-79(86)73-97-103(91,92)99-77-80(101-84(89)71-67-63-59-55-51-47-42-35-31-27-23-19-15-11-7-3)75-95-82(87)69-65-61-57-53-49-45-41-34-30-26-22-18-14-10-6-2/h10,14,21-28,33-37,39-43,79-81,86H,5-9,11-13,15-20,29-32,38,44-78H2,1-4H3,(H,91,92)(H,93,94)/b14-10-,25-21-,26-22-,27-23-,28-24-,37-33-,40-39-,41-34-,42-35-,43-36-. The van der Waals surface area contributed by atoms with Gasteiger partial charge in [-0.3, -0.25) is 37.3 Å². The Balaban J connectivity index is 5.40. The Hall–Kier alpha value is -4.54. The number of phosphoric ester groups is 2. The van der Waals surface area contributed by atoms with E-state index in [1.54, 1.807) is 0 Å². The summed E-state index contributed by atoms with van der Waals surface area (Å²) in [6, 6.07) is 0. The highest BCUT2D eigenvalue weighted by Gasteiger charge is 2.30. The minimum absolute atomic E-state index is 0.0729. The number of carbonyl (C=O) groups excluding carboxylic acids is 4. The van der Waals surface area contributed by atoms with Gasteiger partial charge in [-0.25, -0.2) is 9.13 Å². The Morgan fingerprint density at radius 2 is 0.500 bits per heavy atom. The molecule has 0 saturated carbocycles. The fraction of sp³-hybridized carbons (Fsp3) is 0.718. The third kappa shape index (κ3) is 75.7. The van der Waals surface area contributed by atoms with Crippen molar-refractivity contribution in [1.29, 1.82) is 0 Å². The highest BCUT2D eigenvalue weighted by molar-refractivity contribution is 7.47. The van der Waals surface area contributed by atoms with Crippen LogP contribution in [0.5, 0.6) is 0 Å². The topological polar surface area (TPSA) is 237 Å². The van der Waals surface area contributed by atoms with Crippen molar-refractivity contribution in [2.45, 2.75) is 354 Å². The molecule has 3 N–H and O–H groups in total. The van der Waals surface area contributed by atoms with E-state index in [2.05, 4.69) is 149 Å². The molecular weight excluding hydrogens is 1350 g/mol. The number of hydrogen-bond donors (Lipinski definition) is 3. The molecule has 0 heterocycles. The van der Waals surface area contributed by atoms with Gasteiger partial charge in [-0.2, -0.15) is 0 Å². The smallest absolute Gasteiger partial charge is 0.462 e. The molecule has 0 fully saturated rings. The van der Waals surface area contributed by atoms with Crippen LogP contribution in [0.2, 0.25) is 0 Å². The summed E-state index contributed by atoms with van der Waals surface area (Å²) in [6.07, 6.45) is 84.5. The van der Waals surface area contributed by atoms with Crippen molar-refractivity contribution in [3.63, 3.8) is 0 Å². The molecule has 5 atom stereocenters. The van der Waals surface area contributed by atoms with Gasteiger partial charge in [-0.05, 0) is 161 Å². The molecule has 19 heteroatoms. The lowest BCUT2D eigenvalue weighted by atomic mass is 10.1. The van der Waals surface area contributed by atoms with Crippen molar-refractivity contribution in [2.75, 3.05) is 39.6 Å². The first-order chi connectivity index (χ1) is 50.7. The fourth-order valence-corrected chi connectivity index (χ4v) is 12.2. The summed E-state index contributed by atoms with van der Waals surface area (Å²) in [6.45, 7) is 4.64. The number of allylic oxidation sites excluding steroid dienone is 20. The van der Waals surface area contributed by atoms with Crippen molar-refractivity contribution in [2.24, 2.45) is 0 Å². The molecule has 0 aromatic rings. The van der Waals surface area contributed by atoms with E-state index in [4.69, 9.17) is 37.0 Å². The minimum atomic E-state index is -4.99. The van der Waals surface area contributed by atoms with E-state index in [9.17, 15) is 43.2 Å². The number of hydrogen-bond acceptors (Lipinski definition) is 15. The van der Waals surface area contributed by atoms with Gasteiger partial charge in [0, 0.05) is 25.7 Å². The number of aliphatic hydroxyl groups is 1. The van der Waals surface area contributed by atoms with Gasteiger partial charge in [-0.15, -0.1) is 0 Å². The van der Waals surface area contributed by atoms with Gasteiger partial charge in [0.05, 0.1) is 26.4 Å². The molecule has 17 nitrogen and oxygen atoms in total. The van der Waals surface area contributed by atoms with Crippen LogP contribution in [-0.2, 0) is 65.4 Å². The van der Waals surface area contributed by atoms with Crippen LogP contribution in [0.25, 0.3) is 0 Å². The van der Waals surface area contributed by atoms with E-state index in [1.165, 1.54) is 57.8 Å². The van der Waals surface area contributed by atoms with E-state index in [1.807, 2.05) is 0 Å². The summed E-state index contributed by atoms with van der Waals surface area (Å²) in [4.78, 5) is 73.1. The van der Waals surface area contributed by atoms with Crippen LogP contribution >= 0.6 is 15.6 Å². The van der Waals surface area contributed by atoms with Gasteiger partial charge in [0.2, 0.25) is 0 Å². The summed E-state index contributed by atoms with van der Waals surface area (Å²) in [5.74, 6) is -2.23. The van der Waals surface area contributed by atoms with Crippen LogP contribution in [0.15, 0.2) is 122 Å². The Kier molecular flexibility index (Phi) is 73.3. The van der Waals surface area contributed by atoms with Gasteiger partial charge in [0.15, 0.2) is 12.2 Å². The molecule has 104 heavy (non-hydrogen) atoms. The van der Waals surface area contributed by atoms with Crippen LogP contribution in [0.3, 0.4) is 0 Å². The maximum Gasteiger partial charge on any atom is 0.472 e. The molecule has 0 aromatic heterocycles. The molecule has 0 bridgehead atoms. The SMILES string of the molecule is CC/C=C\C/C=C\C/C=C\CCCCCCCC(=O)OCC(COP(=O)(O)OCC(O)COP(=O)(O)OCC(COC(=O)CCCCCCCC/C=C\C/C=C\C/C=C\CCCCC)OC(=O)CCCCCCC/C=C\C/C=C\CCCCC)OC(=O)CCCCCCC/C=C\C/C=C\CCCCC. The van der Waals surface area contributed by atoms with E-state index in [0.29, 0.717) is 25.7 Å². The molecule has 598 valence electrons. The summed E-state index contributed by atoms with van der Waals surface area (Å²) in [5.41, 5.74) is 0. The molecular formula is C85H146O17P2. The number of phosphoric acid groups is 2. The largest absolute Gasteiger partial charge is 0.472 e. The third-order valence-electron chi connectivity index (χ3n) is 16.9. The molecule has 0 aliphatic heterocycles. The molecule has 0 amide bonds. The lowest BCUT2D eigenvalue weighted by Gasteiger charge is -2.21. The van der Waals surface area contributed by atoms with Crippen molar-refractivity contribution in [1.82, 2.24) is 0 Å². The van der Waals surface area contributed by atoms with Crippen LogP contribution < -0.4 is 0 Å². The van der Waals surface area contributed by atoms with E-state index < -0.39 is 97.5 Å². The molecule has 0 saturated heterocycles. The quantitative estimate of drug-likeness (QED) is 0.0169. The van der Waals surface area contributed by atoms with Crippen molar-refractivity contribution in [3.05, 3.63) is 122 Å². The Labute approximate surface area is 632 Å². The highest BCUT2D eigenvalue weighted by Crippen LogP contribution is 2.45. The van der Waals surface area contributed by atoms with Gasteiger partial charge in [0.25, 0.3) is 0 Å². The zero-order valence-corrected chi connectivity index (χ0v) is 67.2. The van der Waals surface area contributed by atoms with E-state index in [0.717, 1.165) is 199 Å². The minimum Gasteiger partial charge on any atom is -0.462 e. The lowest BCUT2D eigenvalue weighted by molar-refractivity contribution is -0.161. The first kappa shape index (κ1) is 99.5. The van der Waals surface area contributed by atoms with Crippen molar-refractivity contribution < 1.29 is 80.2 Å². The Morgan fingerprint density at radius 1 is 0.279 bits per heavy atom. The molecule has 0 radical (unpaired) electrons. The van der Waals surface area contributed by atoms with Crippen molar-refractivity contribution >= 4 is 39.5 Å². The normalized spacial score (nSPS) is 14.5. The maximum atomic E-state index is 13.1. The Bertz CT molecular complexity index is 2440. The van der Waals surface area contributed by atoms with Crippen LogP contribution in [-0.4, -0.2) is 96.7 Å². The monoisotopic (exact) mass is 1500 g/mol. The summed E-state index contributed by atoms with van der Waals surface area (Å²) < 4.78 is 68.6. The average molecular weight is 1500 g/mol. The van der Waals surface area contributed by atoms with Crippen LogP contribution in [0.4, 0.5) is 0 Å². The number of carbonyl (C=O) groups is 4. The summed E-state index contributed by atoms with van der Waals surface area (Å²) in [5, 5.41) is 10.6. The first-order valence-corrected chi connectivity index (χ1v) is 43.8. The number of unbranched alkanes of at least 4 members (excludes halogenated alkanes) is 30. The number of rotatable bonds is 76. The third-order valence-corrected chi connectivity index (χ3v) is 18.8. The molecule has 5 unspecified atom stereocenters. The molecule has 0 aromatic carbocycles. The highest BCUT2D eigenvalue weighted by atomic mass is 31.2. The molecule has 0 rings (SSSR count). The van der Waals surface area contributed by atoms with Gasteiger partial charge < -0.3 is 33.8 Å². The summed E-state index contributed by atoms with van der Waals surface area (Å²) >= 11 is 0. The average Bonchev–Trinajstić information content (AvgIpc) is 0.912. The second-order valence-corrected chi connectivity index (χ2v) is 29.9. The zero-order chi connectivity index (χ0) is 76.0. The number of esters is 4. The van der Waals surface area contributed by atoms with Crippen molar-refractivity contribution in [3.8, 4) is 0 Å². The van der Waals surface area contributed by atoms with Gasteiger partial charge in [-0.1, -0.05) is 271 Å². The van der Waals surface area contributed by atoms with Crippen LogP contribution in [0, 0.1) is 0 Å². The van der Waals surface area contributed by atoms with E-state index in [-0.39, 0.29) is 25.7 Å². The van der Waals surface area contributed by atoms with E-state index >= 15 is 0 Å². The predicted molar refractivity (Wildman–Crippen MR) is 427 cm³/mol. The number of ether oxygens (including phenoxy) is 4.